The minimum Gasteiger partial charge on any atom is -0.299 e. The molecule has 0 N–H and O–H groups in total. The maximum Gasteiger partial charge on any atom is 0.147 e. The fourth-order valence-corrected chi connectivity index (χ4v) is 1.43. The molecule has 0 aromatic heterocycles. The van der Waals surface area contributed by atoms with Crippen LogP contribution in [0.1, 0.15) is 12.8 Å². The van der Waals surface area contributed by atoms with Gasteiger partial charge >= 0.3 is 0 Å². The Morgan fingerprint density at radius 1 is 1.38 bits per heavy atom. The molecule has 0 amide bonds. The largest absolute Gasteiger partial charge is 0.299 e. The van der Waals surface area contributed by atoms with Gasteiger partial charge in [-0.3, -0.25) is 9.79 Å². The summed E-state index contributed by atoms with van der Waals surface area (Å²) in [5.74, 6) is 0.362. The lowest BCUT2D eigenvalue weighted by molar-refractivity contribution is -0.120. The first-order valence-corrected chi connectivity index (χ1v) is 3.80. The van der Waals surface area contributed by atoms with E-state index in [0.29, 0.717) is 12.2 Å². The summed E-state index contributed by atoms with van der Waals surface area (Å²) in [4.78, 5) is 15.4. The molecule has 13 heavy (non-hydrogen) atoms. The molecule has 1 heterocycles. The van der Waals surface area contributed by atoms with Crippen LogP contribution in [-0.4, -0.2) is 12.0 Å². The summed E-state index contributed by atoms with van der Waals surface area (Å²) in [5.41, 5.74) is 0.934. The molecule has 2 rings (SSSR count). The summed E-state index contributed by atoms with van der Waals surface area (Å²) in [6, 6.07) is 0. The van der Waals surface area contributed by atoms with Crippen LogP contribution in [0.4, 0.5) is 0 Å². The molecule has 0 aromatic rings. The van der Waals surface area contributed by atoms with Crippen LogP contribution in [0.25, 0.3) is 0 Å². The van der Waals surface area contributed by atoms with Gasteiger partial charge in [-0.1, -0.05) is 12.2 Å². The molecule has 0 saturated carbocycles. The van der Waals surface area contributed by atoms with Crippen LogP contribution in [0.3, 0.4) is 0 Å². The molecule has 0 spiro atoms. The Kier molecular flexibility index (Phi) is 4.96. The second kappa shape index (κ2) is 5.20. The zero-order valence-electron chi connectivity index (χ0n) is 6.97. The average Bonchev–Trinajstić information content (AvgIpc) is 2.06. The molecule has 0 radical (unpaired) electrons. The Morgan fingerprint density at radius 3 is 2.85 bits per heavy atom. The van der Waals surface area contributed by atoms with Crippen molar-refractivity contribution in [2.75, 3.05) is 0 Å². The number of rotatable bonds is 0. The van der Waals surface area contributed by atoms with E-state index in [1.165, 1.54) is 0 Å². The van der Waals surface area contributed by atoms with Gasteiger partial charge < -0.3 is 0 Å². The number of aliphatic imine (C=N–C) groups is 1. The zero-order chi connectivity index (χ0) is 7.68. The van der Waals surface area contributed by atoms with Crippen molar-refractivity contribution in [2.24, 2.45) is 10.9 Å². The van der Waals surface area contributed by atoms with Gasteiger partial charge in [0.25, 0.3) is 0 Å². The van der Waals surface area contributed by atoms with Gasteiger partial charge in [0.1, 0.15) is 5.78 Å². The number of carbonyl (C=O) groups excluding carboxylic acids is 1. The first-order valence-electron chi connectivity index (χ1n) is 3.80. The maximum absolute atomic E-state index is 11.3. The van der Waals surface area contributed by atoms with E-state index < -0.39 is 0 Å². The minimum atomic E-state index is 0. The average molecular weight is 220 g/mol. The maximum atomic E-state index is 11.3. The molecule has 1 atom stereocenters. The standard InChI is InChI=1S/C9H9NO.2ClH/c11-9-5-6-10-8-4-2-1-3-7(8)9;;/h1-2,4,6-7H,3,5H2;2*1H. The number of halogens is 2. The number of allylic oxidation sites excluding steroid dienone is 4. The molecule has 2 nitrogen and oxygen atoms in total. The van der Waals surface area contributed by atoms with Crippen molar-refractivity contribution < 1.29 is 4.79 Å². The Labute approximate surface area is 89.6 Å². The Bertz CT molecular complexity index is 281. The number of carbonyl (C=O) groups is 1. The Balaban J connectivity index is 0.000000720. The highest BCUT2D eigenvalue weighted by Crippen LogP contribution is 2.25. The van der Waals surface area contributed by atoms with Crippen molar-refractivity contribution in [1.82, 2.24) is 0 Å². The lowest BCUT2D eigenvalue weighted by atomic mass is 9.90. The predicted octanol–water partition coefficient (Wildman–Crippen LogP) is 2.33. The van der Waals surface area contributed by atoms with E-state index in [9.17, 15) is 4.79 Å². The van der Waals surface area contributed by atoms with Crippen molar-refractivity contribution in [1.29, 1.82) is 0 Å². The minimum absolute atomic E-state index is 0. The molecule has 0 aromatic carbocycles. The number of hydrogen-bond donors (Lipinski definition) is 0. The molecule has 4 heteroatoms. The Hall–Kier alpha value is -0.600. The first-order chi connectivity index (χ1) is 5.38. The van der Waals surface area contributed by atoms with E-state index >= 15 is 0 Å². The molecule has 0 saturated heterocycles. The number of Topliss-reactive ketones (excluding diaryl/α,β-unsaturated/α-hetero) is 1. The molecule has 2 aliphatic rings. The van der Waals surface area contributed by atoms with Crippen molar-refractivity contribution in [2.45, 2.75) is 12.8 Å². The molecule has 1 aliphatic heterocycles. The monoisotopic (exact) mass is 219 g/mol. The molecule has 0 fully saturated rings. The van der Waals surface area contributed by atoms with Crippen LogP contribution in [0, 0.1) is 5.92 Å². The van der Waals surface area contributed by atoms with Gasteiger partial charge in [0, 0.05) is 12.6 Å². The van der Waals surface area contributed by atoms with Crippen LogP contribution in [0.15, 0.2) is 28.9 Å². The normalized spacial score (nSPS) is 23.8. The molecule has 1 unspecified atom stereocenters. The lowest BCUT2D eigenvalue weighted by Gasteiger charge is -2.19. The van der Waals surface area contributed by atoms with Gasteiger partial charge in [0.05, 0.1) is 11.6 Å². The third kappa shape index (κ3) is 2.42. The SMILES string of the molecule is Cl.Cl.O=C1CC=NC2=CC=CCC12. The predicted molar refractivity (Wildman–Crippen MR) is 57.9 cm³/mol. The summed E-state index contributed by atoms with van der Waals surface area (Å²) in [7, 11) is 0. The van der Waals surface area contributed by atoms with E-state index in [1.54, 1.807) is 6.21 Å². The summed E-state index contributed by atoms with van der Waals surface area (Å²) < 4.78 is 0. The van der Waals surface area contributed by atoms with E-state index in [2.05, 4.69) is 4.99 Å². The molecule has 72 valence electrons. The van der Waals surface area contributed by atoms with Gasteiger partial charge in [-0.15, -0.1) is 24.8 Å². The van der Waals surface area contributed by atoms with Gasteiger partial charge in [-0.2, -0.15) is 0 Å². The number of hydrogen-bond acceptors (Lipinski definition) is 2. The van der Waals surface area contributed by atoms with Crippen molar-refractivity contribution in [3.8, 4) is 0 Å². The van der Waals surface area contributed by atoms with Crippen LogP contribution in [0.2, 0.25) is 0 Å². The lowest BCUT2D eigenvalue weighted by Crippen LogP contribution is -2.20. The quantitative estimate of drug-likeness (QED) is 0.616. The first kappa shape index (κ1) is 12.4. The van der Waals surface area contributed by atoms with Crippen molar-refractivity contribution >= 4 is 36.8 Å². The summed E-state index contributed by atoms with van der Waals surface area (Å²) in [5, 5.41) is 0. The van der Waals surface area contributed by atoms with Gasteiger partial charge in [0.15, 0.2) is 0 Å². The van der Waals surface area contributed by atoms with Crippen LogP contribution >= 0.6 is 24.8 Å². The summed E-state index contributed by atoms with van der Waals surface area (Å²) >= 11 is 0. The van der Waals surface area contributed by atoms with Crippen LogP contribution in [0.5, 0.6) is 0 Å². The van der Waals surface area contributed by atoms with Gasteiger partial charge in [-0.25, -0.2) is 0 Å². The second-order valence-corrected chi connectivity index (χ2v) is 2.79. The highest BCUT2D eigenvalue weighted by Gasteiger charge is 2.24. The number of fused-ring (bicyclic) bond motifs is 1. The smallest absolute Gasteiger partial charge is 0.147 e. The molecule has 0 bridgehead atoms. The second-order valence-electron chi connectivity index (χ2n) is 2.79. The molecular weight excluding hydrogens is 209 g/mol. The van der Waals surface area contributed by atoms with E-state index in [-0.39, 0.29) is 30.7 Å². The van der Waals surface area contributed by atoms with Gasteiger partial charge in [0.2, 0.25) is 0 Å². The van der Waals surface area contributed by atoms with Crippen LogP contribution < -0.4 is 0 Å². The highest BCUT2D eigenvalue weighted by atomic mass is 35.5. The third-order valence-corrected chi connectivity index (χ3v) is 2.05. The molecule has 1 aliphatic carbocycles. The van der Waals surface area contributed by atoms with E-state index in [4.69, 9.17) is 0 Å². The van der Waals surface area contributed by atoms with Crippen molar-refractivity contribution in [3.63, 3.8) is 0 Å². The Morgan fingerprint density at radius 2 is 2.15 bits per heavy atom. The topological polar surface area (TPSA) is 29.4 Å². The number of ketones is 1. The fourth-order valence-electron chi connectivity index (χ4n) is 1.43. The zero-order valence-corrected chi connectivity index (χ0v) is 8.61. The number of nitrogens with zero attached hydrogens (tertiary/aromatic N) is 1. The third-order valence-electron chi connectivity index (χ3n) is 2.05. The van der Waals surface area contributed by atoms with Crippen molar-refractivity contribution in [3.05, 3.63) is 23.9 Å². The summed E-state index contributed by atoms with van der Waals surface area (Å²) in [6.45, 7) is 0. The van der Waals surface area contributed by atoms with Gasteiger partial charge in [-0.05, 0) is 12.5 Å². The highest BCUT2D eigenvalue weighted by molar-refractivity contribution is 5.97. The summed E-state index contributed by atoms with van der Waals surface area (Å²) in [6.07, 6.45) is 8.94. The van der Waals surface area contributed by atoms with Crippen LogP contribution in [-0.2, 0) is 4.79 Å². The van der Waals surface area contributed by atoms with E-state index in [1.807, 2.05) is 18.2 Å². The fraction of sp³-hybridized carbons (Fsp3) is 0.333. The molecular formula is C9H11Cl2NO. The van der Waals surface area contributed by atoms with E-state index in [0.717, 1.165) is 12.1 Å².